The molecule has 1 amide bonds. The predicted octanol–water partition coefficient (Wildman–Crippen LogP) is 2.95. The number of nitrogens with zero attached hydrogens (tertiary/aromatic N) is 1. The molecular formula is C15H18N2O3S2. The summed E-state index contributed by atoms with van der Waals surface area (Å²) in [6.07, 6.45) is 0. The van der Waals surface area contributed by atoms with Crippen molar-refractivity contribution >= 4 is 33.0 Å². The van der Waals surface area contributed by atoms with Crippen molar-refractivity contribution in [1.29, 1.82) is 0 Å². The molecule has 0 bridgehead atoms. The lowest BCUT2D eigenvalue weighted by Gasteiger charge is -2.12. The standard InChI is InChI=1S/C15H18N2O3S2/c1-4-17(3)22(19,20)13-9-14(21-10-13)15(18)16-12-7-5-6-11(2)8-12/h5-10H,4H2,1-3H3,(H,16,18). The molecule has 0 spiro atoms. The van der Waals surface area contributed by atoms with Crippen molar-refractivity contribution in [3.63, 3.8) is 0 Å². The van der Waals surface area contributed by atoms with Crippen LogP contribution in [0.25, 0.3) is 0 Å². The van der Waals surface area contributed by atoms with Crippen molar-refractivity contribution in [3.8, 4) is 0 Å². The topological polar surface area (TPSA) is 66.5 Å². The molecule has 1 aromatic carbocycles. The van der Waals surface area contributed by atoms with Gasteiger partial charge in [0.25, 0.3) is 5.91 Å². The van der Waals surface area contributed by atoms with Gasteiger partial charge in [0.1, 0.15) is 0 Å². The number of carbonyl (C=O) groups is 1. The molecule has 1 N–H and O–H groups in total. The number of benzene rings is 1. The summed E-state index contributed by atoms with van der Waals surface area (Å²) in [4.78, 5) is 12.7. The summed E-state index contributed by atoms with van der Waals surface area (Å²) in [6.45, 7) is 4.07. The van der Waals surface area contributed by atoms with Crippen LogP contribution in [0.15, 0.2) is 40.6 Å². The summed E-state index contributed by atoms with van der Waals surface area (Å²) in [6, 6.07) is 8.85. The maximum Gasteiger partial charge on any atom is 0.265 e. The van der Waals surface area contributed by atoms with E-state index in [0.717, 1.165) is 16.9 Å². The van der Waals surface area contributed by atoms with E-state index in [1.807, 2.05) is 25.1 Å². The number of carbonyl (C=O) groups excluding carboxylic acids is 1. The average molecular weight is 338 g/mol. The fourth-order valence-corrected chi connectivity index (χ4v) is 4.17. The normalized spacial score (nSPS) is 11.6. The lowest BCUT2D eigenvalue weighted by atomic mass is 10.2. The third-order valence-corrected chi connectivity index (χ3v) is 6.22. The number of rotatable bonds is 5. The predicted molar refractivity (Wildman–Crippen MR) is 88.9 cm³/mol. The SMILES string of the molecule is CCN(C)S(=O)(=O)c1csc(C(=O)Nc2cccc(C)c2)c1. The Hall–Kier alpha value is -1.70. The Morgan fingerprint density at radius 3 is 2.68 bits per heavy atom. The van der Waals surface area contributed by atoms with E-state index in [1.54, 1.807) is 13.0 Å². The van der Waals surface area contributed by atoms with Gasteiger partial charge in [0.2, 0.25) is 10.0 Å². The second-order valence-corrected chi connectivity index (χ2v) is 7.85. The van der Waals surface area contributed by atoms with Gasteiger partial charge in [-0.3, -0.25) is 4.79 Å². The number of aryl methyl sites for hydroxylation is 1. The lowest BCUT2D eigenvalue weighted by Crippen LogP contribution is -2.26. The molecule has 0 aliphatic heterocycles. The summed E-state index contributed by atoms with van der Waals surface area (Å²) in [7, 11) is -2.00. The van der Waals surface area contributed by atoms with Crippen LogP contribution in [-0.4, -0.2) is 32.2 Å². The monoisotopic (exact) mass is 338 g/mol. The van der Waals surface area contributed by atoms with E-state index in [2.05, 4.69) is 5.32 Å². The molecule has 0 atom stereocenters. The highest BCUT2D eigenvalue weighted by atomic mass is 32.2. The first-order chi connectivity index (χ1) is 10.3. The minimum atomic E-state index is -3.52. The first-order valence-corrected chi connectivity index (χ1v) is 9.09. The Kier molecular flexibility index (Phi) is 5.00. The van der Waals surface area contributed by atoms with Crippen LogP contribution in [0.1, 0.15) is 22.2 Å². The van der Waals surface area contributed by atoms with Gasteiger partial charge >= 0.3 is 0 Å². The Labute approximate surface area is 134 Å². The number of sulfonamides is 1. The zero-order chi connectivity index (χ0) is 16.3. The number of anilines is 1. The van der Waals surface area contributed by atoms with Crippen molar-refractivity contribution in [2.75, 3.05) is 18.9 Å². The Bertz CT molecular complexity index is 782. The van der Waals surface area contributed by atoms with Gasteiger partial charge < -0.3 is 5.32 Å². The van der Waals surface area contributed by atoms with Gasteiger partial charge in [0, 0.05) is 24.7 Å². The molecule has 0 aliphatic carbocycles. The molecule has 0 saturated heterocycles. The van der Waals surface area contributed by atoms with Crippen LogP contribution in [0.5, 0.6) is 0 Å². The maximum atomic E-state index is 12.2. The molecule has 0 aliphatic rings. The van der Waals surface area contributed by atoms with Crippen molar-refractivity contribution in [2.45, 2.75) is 18.7 Å². The molecule has 7 heteroatoms. The fraction of sp³-hybridized carbons (Fsp3) is 0.267. The van der Waals surface area contributed by atoms with Gasteiger partial charge in [-0.25, -0.2) is 12.7 Å². The Morgan fingerprint density at radius 1 is 1.32 bits per heavy atom. The van der Waals surface area contributed by atoms with E-state index in [4.69, 9.17) is 0 Å². The molecular weight excluding hydrogens is 320 g/mol. The molecule has 1 aromatic heterocycles. The van der Waals surface area contributed by atoms with Crippen LogP contribution in [-0.2, 0) is 10.0 Å². The van der Waals surface area contributed by atoms with Gasteiger partial charge in [-0.1, -0.05) is 19.1 Å². The number of amides is 1. The molecule has 0 unspecified atom stereocenters. The van der Waals surface area contributed by atoms with Crippen LogP contribution in [0.2, 0.25) is 0 Å². The first-order valence-electron chi connectivity index (χ1n) is 6.77. The molecule has 2 rings (SSSR count). The Morgan fingerprint density at radius 2 is 2.05 bits per heavy atom. The number of hydrogen-bond acceptors (Lipinski definition) is 4. The van der Waals surface area contributed by atoms with Gasteiger partial charge in [-0.15, -0.1) is 11.3 Å². The molecule has 5 nitrogen and oxygen atoms in total. The highest BCUT2D eigenvalue weighted by Crippen LogP contribution is 2.23. The highest BCUT2D eigenvalue weighted by Gasteiger charge is 2.22. The molecule has 118 valence electrons. The van der Waals surface area contributed by atoms with Crippen molar-refractivity contribution in [3.05, 3.63) is 46.2 Å². The van der Waals surface area contributed by atoms with Crippen LogP contribution in [0.3, 0.4) is 0 Å². The first kappa shape index (κ1) is 16.7. The van der Waals surface area contributed by atoms with Crippen molar-refractivity contribution in [1.82, 2.24) is 4.31 Å². The Balaban J connectivity index is 2.19. The maximum absolute atomic E-state index is 12.2. The second-order valence-electron chi connectivity index (χ2n) is 4.89. The number of nitrogens with one attached hydrogen (secondary N) is 1. The van der Waals surface area contributed by atoms with E-state index < -0.39 is 10.0 Å². The molecule has 0 saturated carbocycles. The summed E-state index contributed by atoms with van der Waals surface area (Å²) < 4.78 is 25.7. The summed E-state index contributed by atoms with van der Waals surface area (Å²) in [5.41, 5.74) is 1.73. The van der Waals surface area contributed by atoms with E-state index in [1.165, 1.54) is 22.8 Å². The third-order valence-electron chi connectivity index (χ3n) is 3.23. The van der Waals surface area contributed by atoms with E-state index in [0.29, 0.717) is 17.1 Å². The summed E-state index contributed by atoms with van der Waals surface area (Å²) in [5, 5.41) is 4.26. The van der Waals surface area contributed by atoms with Crippen LogP contribution in [0, 0.1) is 6.92 Å². The van der Waals surface area contributed by atoms with Crippen LogP contribution in [0.4, 0.5) is 5.69 Å². The average Bonchev–Trinajstić information content (AvgIpc) is 2.97. The summed E-state index contributed by atoms with van der Waals surface area (Å²) >= 11 is 1.12. The zero-order valence-corrected chi connectivity index (χ0v) is 14.3. The van der Waals surface area contributed by atoms with Gasteiger partial charge in [0.15, 0.2) is 0 Å². The van der Waals surface area contributed by atoms with Crippen molar-refractivity contribution in [2.24, 2.45) is 0 Å². The molecule has 1 heterocycles. The molecule has 2 aromatic rings. The second kappa shape index (κ2) is 6.60. The molecule has 0 radical (unpaired) electrons. The minimum absolute atomic E-state index is 0.149. The van der Waals surface area contributed by atoms with Crippen molar-refractivity contribution < 1.29 is 13.2 Å². The lowest BCUT2D eigenvalue weighted by molar-refractivity contribution is 0.103. The number of thiophene rings is 1. The molecule has 0 fully saturated rings. The van der Waals surface area contributed by atoms with Crippen LogP contribution < -0.4 is 5.32 Å². The summed E-state index contributed by atoms with van der Waals surface area (Å²) in [5.74, 6) is -0.309. The number of hydrogen-bond donors (Lipinski definition) is 1. The third kappa shape index (κ3) is 3.55. The zero-order valence-electron chi connectivity index (χ0n) is 12.7. The fourth-order valence-electron chi connectivity index (χ4n) is 1.84. The quantitative estimate of drug-likeness (QED) is 0.911. The largest absolute Gasteiger partial charge is 0.321 e. The van der Waals surface area contributed by atoms with Gasteiger partial charge in [0.05, 0.1) is 9.77 Å². The van der Waals surface area contributed by atoms with E-state index >= 15 is 0 Å². The molecule has 22 heavy (non-hydrogen) atoms. The van der Waals surface area contributed by atoms with Crippen LogP contribution >= 0.6 is 11.3 Å². The van der Waals surface area contributed by atoms with E-state index in [9.17, 15) is 13.2 Å². The smallest absolute Gasteiger partial charge is 0.265 e. The minimum Gasteiger partial charge on any atom is -0.321 e. The van der Waals surface area contributed by atoms with Gasteiger partial charge in [-0.05, 0) is 30.7 Å². The highest BCUT2D eigenvalue weighted by molar-refractivity contribution is 7.89. The van der Waals surface area contributed by atoms with E-state index in [-0.39, 0.29) is 10.8 Å². The van der Waals surface area contributed by atoms with Gasteiger partial charge in [-0.2, -0.15) is 0 Å².